The Kier molecular flexibility index (Phi) is 4.78. The summed E-state index contributed by atoms with van der Waals surface area (Å²) in [6.45, 7) is 4.80. The molecule has 0 bridgehead atoms. The van der Waals surface area contributed by atoms with E-state index in [1.54, 1.807) is 11.8 Å². The molecular formula is C13H17N3OS. The molecule has 0 aliphatic carbocycles. The Morgan fingerprint density at radius 1 is 1.28 bits per heavy atom. The summed E-state index contributed by atoms with van der Waals surface area (Å²) < 4.78 is 5.17. The average molecular weight is 263 g/mol. The van der Waals surface area contributed by atoms with Crippen molar-refractivity contribution < 1.29 is 4.52 Å². The molecule has 96 valence electrons. The first-order valence-corrected chi connectivity index (χ1v) is 6.95. The van der Waals surface area contributed by atoms with Crippen molar-refractivity contribution >= 4 is 11.8 Å². The van der Waals surface area contributed by atoms with Gasteiger partial charge in [0.2, 0.25) is 5.89 Å². The fourth-order valence-corrected chi connectivity index (χ4v) is 2.14. The Bertz CT molecular complexity index is 470. The minimum atomic E-state index is 0.416. The van der Waals surface area contributed by atoms with Gasteiger partial charge >= 0.3 is 0 Å². The summed E-state index contributed by atoms with van der Waals surface area (Å²) in [6.07, 6.45) is 0. The average Bonchev–Trinajstić information content (AvgIpc) is 2.83. The van der Waals surface area contributed by atoms with Crippen LogP contribution in [0.1, 0.15) is 25.6 Å². The molecule has 0 radical (unpaired) electrons. The Labute approximate surface area is 111 Å². The molecule has 0 saturated heterocycles. The normalized spacial score (nSPS) is 11.1. The molecule has 2 rings (SSSR count). The Balaban J connectivity index is 1.83. The minimum absolute atomic E-state index is 0.416. The highest BCUT2D eigenvalue weighted by molar-refractivity contribution is 7.98. The largest absolute Gasteiger partial charge is 0.338 e. The first-order chi connectivity index (χ1) is 8.74. The van der Waals surface area contributed by atoms with Crippen LogP contribution < -0.4 is 5.32 Å². The fraction of sp³-hybridized carbons (Fsp3) is 0.385. The highest BCUT2D eigenvalue weighted by Gasteiger charge is 2.06. The molecule has 0 saturated carbocycles. The SMILES string of the molecule is CC(C)NCc1nc(CSc2ccccc2)no1. The summed E-state index contributed by atoms with van der Waals surface area (Å²) in [6, 6.07) is 10.6. The van der Waals surface area contributed by atoms with Crippen molar-refractivity contribution in [1.82, 2.24) is 15.5 Å². The lowest BCUT2D eigenvalue weighted by Gasteiger charge is -2.02. The zero-order valence-corrected chi connectivity index (χ0v) is 11.4. The number of nitrogens with one attached hydrogen (secondary N) is 1. The van der Waals surface area contributed by atoms with Crippen LogP contribution in [0, 0.1) is 0 Å². The highest BCUT2D eigenvalue weighted by atomic mass is 32.2. The first kappa shape index (κ1) is 13.1. The first-order valence-electron chi connectivity index (χ1n) is 5.97. The molecule has 0 fully saturated rings. The van der Waals surface area contributed by atoms with Crippen molar-refractivity contribution in [2.45, 2.75) is 37.1 Å². The maximum absolute atomic E-state index is 5.17. The zero-order chi connectivity index (χ0) is 12.8. The van der Waals surface area contributed by atoms with Gasteiger partial charge in [-0.2, -0.15) is 4.98 Å². The number of aromatic nitrogens is 2. The summed E-state index contributed by atoms with van der Waals surface area (Å²) >= 11 is 1.71. The van der Waals surface area contributed by atoms with Gasteiger partial charge in [0.25, 0.3) is 0 Å². The number of thioether (sulfide) groups is 1. The molecule has 0 atom stereocenters. The molecule has 0 aliphatic rings. The van der Waals surface area contributed by atoms with Gasteiger partial charge in [-0.3, -0.25) is 0 Å². The molecule has 0 aliphatic heterocycles. The molecule has 2 aromatic rings. The summed E-state index contributed by atoms with van der Waals surface area (Å²) in [5.74, 6) is 2.12. The Morgan fingerprint density at radius 2 is 2.06 bits per heavy atom. The second-order valence-corrected chi connectivity index (χ2v) is 5.29. The third kappa shape index (κ3) is 4.16. The van der Waals surface area contributed by atoms with Crippen LogP contribution in [0.3, 0.4) is 0 Å². The second-order valence-electron chi connectivity index (χ2n) is 4.24. The van der Waals surface area contributed by atoms with Crippen molar-refractivity contribution in [3.05, 3.63) is 42.0 Å². The lowest BCUT2D eigenvalue weighted by Crippen LogP contribution is -2.21. The van der Waals surface area contributed by atoms with Gasteiger partial charge in [-0.15, -0.1) is 11.8 Å². The third-order valence-corrected chi connectivity index (χ3v) is 3.29. The standard InChI is InChI=1S/C13H17N3OS/c1-10(2)14-8-13-15-12(16-17-13)9-18-11-6-4-3-5-7-11/h3-7,10,14H,8-9H2,1-2H3. The maximum atomic E-state index is 5.17. The van der Waals surface area contributed by atoms with E-state index in [9.17, 15) is 0 Å². The predicted octanol–water partition coefficient (Wildman–Crippen LogP) is 2.86. The molecule has 0 amide bonds. The molecule has 1 heterocycles. The van der Waals surface area contributed by atoms with Crippen molar-refractivity contribution in [2.75, 3.05) is 0 Å². The molecule has 1 aromatic carbocycles. The van der Waals surface area contributed by atoms with Crippen LogP contribution in [0.15, 0.2) is 39.8 Å². The Hall–Kier alpha value is -1.33. The van der Waals surface area contributed by atoms with E-state index in [4.69, 9.17) is 4.52 Å². The molecule has 5 heteroatoms. The van der Waals surface area contributed by atoms with Gasteiger partial charge in [0.15, 0.2) is 5.82 Å². The van der Waals surface area contributed by atoms with Gasteiger partial charge in [-0.25, -0.2) is 0 Å². The number of rotatable bonds is 6. The van der Waals surface area contributed by atoms with E-state index in [0.717, 1.165) is 11.6 Å². The van der Waals surface area contributed by atoms with Crippen LogP contribution in [0.2, 0.25) is 0 Å². The van der Waals surface area contributed by atoms with Gasteiger partial charge in [0.05, 0.1) is 12.3 Å². The van der Waals surface area contributed by atoms with Crippen LogP contribution in [0.25, 0.3) is 0 Å². The smallest absolute Gasteiger partial charge is 0.240 e. The summed E-state index contributed by atoms with van der Waals surface area (Å²) in [7, 11) is 0. The minimum Gasteiger partial charge on any atom is -0.338 e. The van der Waals surface area contributed by atoms with E-state index in [1.807, 2.05) is 18.2 Å². The van der Waals surface area contributed by atoms with Crippen LogP contribution >= 0.6 is 11.8 Å². The molecule has 4 nitrogen and oxygen atoms in total. The maximum Gasteiger partial charge on any atom is 0.240 e. The van der Waals surface area contributed by atoms with E-state index in [-0.39, 0.29) is 0 Å². The molecule has 0 spiro atoms. The molecule has 0 unspecified atom stereocenters. The van der Waals surface area contributed by atoms with Gasteiger partial charge in [-0.1, -0.05) is 37.2 Å². The van der Waals surface area contributed by atoms with E-state index in [2.05, 4.69) is 41.4 Å². The van der Waals surface area contributed by atoms with Crippen molar-refractivity contribution in [3.63, 3.8) is 0 Å². The topological polar surface area (TPSA) is 51.0 Å². The molecule has 1 N–H and O–H groups in total. The monoisotopic (exact) mass is 263 g/mol. The lowest BCUT2D eigenvalue weighted by molar-refractivity contribution is 0.358. The third-order valence-electron chi connectivity index (χ3n) is 2.28. The fourth-order valence-electron chi connectivity index (χ4n) is 1.38. The lowest BCUT2D eigenvalue weighted by atomic mass is 10.4. The zero-order valence-electron chi connectivity index (χ0n) is 10.6. The number of benzene rings is 1. The van der Waals surface area contributed by atoms with Crippen LogP contribution in [0.4, 0.5) is 0 Å². The summed E-state index contributed by atoms with van der Waals surface area (Å²) in [4.78, 5) is 5.55. The predicted molar refractivity (Wildman–Crippen MR) is 72.3 cm³/mol. The van der Waals surface area contributed by atoms with Gasteiger partial charge in [0.1, 0.15) is 0 Å². The highest BCUT2D eigenvalue weighted by Crippen LogP contribution is 2.20. The molecular weight excluding hydrogens is 246 g/mol. The van der Waals surface area contributed by atoms with Crippen molar-refractivity contribution in [2.24, 2.45) is 0 Å². The number of hydrogen-bond acceptors (Lipinski definition) is 5. The summed E-state index contributed by atoms with van der Waals surface area (Å²) in [5, 5.41) is 7.21. The Morgan fingerprint density at radius 3 is 2.78 bits per heavy atom. The van der Waals surface area contributed by atoms with Crippen molar-refractivity contribution in [3.8, 4) is 0 Å². The van der Waals surface area contributed by atoms with E-state index >= 15 is 0 Å². The van der Waals surface area contributed by atoms with Gasteiger partial charge in [0, 0.05) is 10.9 Å². The summed E-state index contributed by atoms with van der Waals surface area (Å²) in [5.41, 5.74) is 0. The number of hydrogen-bond donors (Lipinski definition) is 1. The van der Waals surface area contributed by atoms with Crippen molar-refractivity contribution in [1.29, 1.82) is 0 Å². The van der Waals surface area contributed by atoms with Crippen LogP contribution in [0.5, 0.6) is 0 Å². The van der Waals surface area contributed by atoms with Crippen LogP contribution in [-0.2, 0) is 12.3 Å². The quantitative estimate of drug-likeness (QED) is 0.812. The molecule has 1 aromatic heterocycles. The second kappa shape index (κ2) is 6.56. The molecule has 18 heavy (non-hydrogen) atoms. The number of nitrogens with zero attached hydrogens (tertiary/aromatic N) is 2. The van der Waals surface area contributed by atoms with E-state index in [0.29, 0.717) is 18.5 Å². The van der Waals surface area contributed by atoms with E-state index < -0.39 is 0 Å². The van der Waals surface area contributed by atoms with Crippen LogP contribution in [-0.4, -0.2) is 16.2 Å². The van der Waals surface area contributed by atoms with E-state index in [1.165, 1.54) is 4.90 Å². The van der Waals surface area contributed by atoms with Gasteiger partial charge in [-0.05, 0) is 12.1 Å². The van der Waals surface area contributed by atoms with Gasteiger partial charge < -0.3 is 9.84 Å².